The van der Waals surface area contributed by atoms with Crippen molar-refractivity contribution < 1.29 is 9.72 Å². The second-order valence-electron chi connectivity index (χ2n) is 4.16. The molecule has 19 heavy (non-hydrogen) atoms. The van der Waals surface area contributed by atoms with E-state index >= 15 is 0 Å². The molecule has 0 saturated carbocycles. The van der Waals surface area contributed by atoms with Crippen LogP contribution >= 0.6 is 0 Å². The van der Waals surface area contributed by atoms with Crippen LogP contribution < -0.4 is 16.4 Å². The minimum Gasteiger partial charge on any atom is -0.393 e. The molecule has 0 aliphatic heterocycles. The van der Waals surface area contributed by atoms with Crippen molar-refractivity contribution in [2.24, 2.45) is 0 Å². The summed E-state index contributed by atoms with van der Waals surface area (Å²) in [6, 6.07) is 4.30. The van der Waals surface area contributed by atoms with Gasteiger partial charge >= 0.3 is 0 Å². The number of nitro benzene ring substituents is 1. The predicted molar refractivity (Wildman–Crippen MR) is 73.0 cm³/mol. The minimum atomic E-state index is -0.604. The maximum absolute atomic E-state index is 11.9. The maximum Gasteiger partial charge on any atom is 0.292 e. The number of carbonyl (C=O) groups excluding carboxylic acids is 1. The van der Waals surface area contributed by atoms with Gasteiger partial charge in [0, 0.05) is 18.7 Å². The van der Waals surface area contributed by atoms with Crippen LogP contribution in [0, 0.1) is 10.1 Å². The highest BCUT2D eigenvalue weighted by Crippen LogP contribution is 2.24. The van der Waals surface area contributed by atoms with Crippen molar-refractivity contribution in [1.82, 2.24) is 10.6 Å². The van der Waals surface area contributed by atoms with Crippen LogP contribution in [-0.2, 0) is 0 Å². The molecular formula is C12H18N4O3. The SMILES string of the molecule is CCN[C@H](C)CNC(=O)c1cccc([N+](=O)[O-])c1N. The van der Waals surface area contributed by atoms with Crippen molar-refractivity contribution in [3.63, 3.8) is 0 Å². The molecular weight excluding hydrogens is 248 g/mol. The second kappa shape index (κ2) is 6.69. The van der Waals surface area contributed by atoms with Crippen LogP contribution in [0.15, 0.2) is 18.2 Å². The lowest BCUT2D eigenvalue weighted by Gasteiger charge is -2.13. The summed E-state index contributed by atoms with van der Waals surface area (Å²) >= 11 is 0. The number of nitrogens with zero attached hydrogens (tertiary/aromatic N) is 1. The number of hydrogen-bond donors (Lipinski definition) is 3. The summed E-state index contributed by atoms with van der Waals surface area (Å²) in [4.78, 5) is 22.0. The normalized spacial score (nSPS) is 11.9. The van der Waals surface area contributed by atoms with E-state index in [1.165, 1.54) is 18.2 Å². The molecule has 7 nitrogen and oxygen atoms in total. The van der Waals surface area contributed by atoms with E-state index in [-0.39, 0.29) is 23.0 Å². The number of amides is 1. The lowest BCUT2D eigenvalue weighted by molar-refractivity contribution is -0.383. The molecule has 0 aliphatic carbocycles. The van der Waals surface area contributed by atoms with Crippen LogP contribution in [0.2, 0.25) is 0 Å². The first-order valence-electron chi connectivity index (χ1n) is 6.01. The quantitative estimate of drug-likeness (QED) is 0.402. The first kappa shape index (κ1) is 14.9. The van der Waals surface area contributed by atoms with E-state index in [0.29, 0.717) is 6.54 Å². The number of nitrogens with two attached hydrogens (primary N) is 1. The van der Waals surface area contributed by atoms with Crippen LogP contribution in [0.3, 0.4) is 0 Å². The topological polar surface area (TPSA) is 110 Å². The summed E-state index contributed by atoms with van der Waals surface area (Å²) in [5.41, 5.74) is 5.39. The van der Waals surface area contributed by atoms with Gasteiger partial charge in [-0.3, -0.25) is 14.9 Å². The van der Waals surface area contributed by atoms with E-state index in [2.05, 4.69) is 10.6 Å². The highest BCUT2D eigenvalue weighted by atomic mass is 16.6. The third-order valence-electron chi connectivity index (χ3n) is 2.65. The van der Waals surface area contributed by atoms with Gasteiger partial charge in [0.15, 0.2) is 0 Å². The molecule has 1 aromatic carbocycles. The van der Waals surface area contributed by atoms with E-state index in [1.807, 2.05) is 13.8 Å². The van der Waals surface area contributed by atoms with Gasteiger partial charge in [-0.25, -0.2) is 0 Å². The summed E-state index contributed by atoms with van der Waals surface area (Å²) in [6.45, 7) is 5.13. The van der Waals surface area contributed by atoms with Crippen LogP contribution in [0.5, 0.6) is 0 Å². The van der Waals surface area contributed by atoms with E-state index < -0.39 is 10.8 Å². The Morgan fingerprint density at radius 1 is 1.53 bits per heavy atom. The Kier molecular flexibility index (Phi) is 5.25. The molecule has 0 aliphatic rings. The fourth-order valence-electron chi connectivity index (χ4n) is 1.67. The van der Waals surface area contributed by atoms with Gasteiger partial charge in [-0.2, -0.15) is 0 Å². The molecule has 1 amide bonds. The first-order chi connectivity index (χ1) is 8.97. The monoisotopic (exact) mass is 266 g/mol. The number of benzene rings is 1. The number of para-hydroxylation sites is 1. The van der Waals surface area contributed by atoms with Gasteiger partial charge in [-0.05, 0) is 19.5 Å². The number of likely N-dealkylation sites (N-methyl/N-ethyl adjacent to an activating group) is 1. The number of nitrogen functional groups attached to an aromatic ring is 1. The molecule has 7 heteroatoms. The Labute approximate surface area is 111 Å². The van der Waals surface area contributed by atoms with Crippen LogP contribution in [-0.4, -0.2) is 30.0 Å². The lowest BCUT2D eigenvalue weighted by Crippen LogP contribution is -2.39. The molecule has 1 rings (SSSR count). The Morgan fingerprint density at radius 3 is 2.79 bits per heavy atom. The smallest absolute Gasteiger partial charge is 0.292 e. The van der Waals surface area contributed by atoms with Crippen LogP contribution in [0.25, 0.3) is 0 Å². The van der Waals surface area contributed by atoms with Crippen molar-refractivity contribution >= 4 is 17.3 Å². The van der Waals surface area contributed by atoms with Gasteiger partial charge in [0.05, 0.1) is 10.5 Å². The summed E-state index contributed by atoms with van der Waals surface area (Å²) < 4.78 is 0. The number of nitro groups is 1. The zero-order chi connectivity index (χ0) is 14.4. The molecule has 4 N–H and O–H groups in total. The van der Waals surface area contributed by atoms with Crippen molar-refractivity contribution in [3.8, 4) is 0 Å². The molecule has 0 heterocycles. The van der Waals surface area contributed by atoms with E-state index in [4.69, 9.17) is 5.73 Å². The molecule has 0 saturated heterocycles. The Hall–Kier alpha value is -2.15. The summed E-state index contributed by atoms with van der Waals surface area (Å²) in [6.07, 6.45) is 0. The van der Waals surface area contributed by atoms with Gasteiger partial charge < -0.3 is 16.4 Å². The molecule has 1 aromatic rings. The van der Waals surface area contributed by atoms with Crippen molar-refractivity contribution in [2.75, 3.05) is 18.8 Å². The van der Waals surface area contributed by atoms with E-state index in [9.17, 15) is 14.9 Å². The molecule has 0 fully saturated rings. The maximum atomic E-state index is 11.9. The van der Waals surface area contributed by atoms with Gasteiger partial charge in [0.1, 0.15) is 5.69 Å². The molecule has 0 bridgehead atoms. The largest absolute Gasteiger partial charge is 0.393 e. The third-order valence-corrected chi connectivity index (χ3v) is 2.65. The predicted octanol–water partition coefficient (Wildman–Crippen LogP) is 0.905. The zero-order valence-electron chi connectivity index (χ0n) is 11.0. The Bertz CT molecular complexity index is 476. The molecule has 104 valence electrons. The molecule has 1 atom stereocenters. The highest BCUT2D eigenvalue weighted by molar-refractivity contribution is 6.00. The van der Waals surface area contributed by atoms with Gasteiger partial charge in [-0.1, -0.05) is 13.0 Å². The minimum absolute atomic E-state index is 0.110. The van der Waals surface area contributed by atoms with Gasteiger partial charge in [-0.15, -0.1) is 0 Å². The first-order valence-corrected chi connectivity index (χ1v) is 6.01. The van der Waals surface area contributed by atoms with Gasteiger partial charge in [0.25, 0.3) is 11.6 Å². The van der Waals surface area contributed by atoms with Crippen LogP contribution in [0.1, 0.15) is 24.2 Å². The molecule has 0 radical (unpaired) electrons. The second-order valence-corrected chi connectivity index (χ2v) is 4.16. The van der Waals surface area contributed by atoms with Crippen molar-refractivity contribution in [2.45, 2.75) is 19.9 Å². The summed E-state index contributed by atoms with van der Waals surface area (Å²) in [5, 5.41) is 16.6. The lowest BCUT2D eigenvalue weighted by atomic mass is 10.1. The Morgan fingerprint density at radius 2 is 2.21 bits per heavy atom. The fraction of sp³-hybridized carbons (Fsp3) is 0.417. The van der Waals surface area contributed by atoms with Gasteiger partial charge in [0.2, 0.25) is 0 Å². The fourth-order valence-corrected chi connectivity index (χ4v) is 1.67. The number of anilines is 1. The summed E-state index contributed by atoms with van der Waals surface area (Å²) in [7, 11) is 0. The van der Waals surface area contributed by atoms with Crippen LogP contribution in [0.4, 0.5) is 11.4 Å². The summed E-state index contributed by atoms with van der Waals surface area (Å²) in [5.74, 6) is -0.411. The van der Waals surface area contributed by atoms with E-state index in [1.54, 1.807) is 0 Å². The average molecular weight is 266 g/mol. The molecule has 0 aromatic heterocycles. The zero-order valence-corrected chi connectivity index (χ0v) is 11.0. The van der Waals surface area contributed by atoms with Crippen molar-refractivity contribution in [1.29, 1.82) is 0 Å². The highest BCUT2D eigenvalue weighted by Gasteiger charge is 2.18. The van der Waals surface area contributed by atoms with E-state index in [0.717, 1.165) is 6.54 Å². The average Bonchev–Trinajstić information content (AvgIpc) is 2.36. The number of rotatable bonds is 6. The number of carbonyl (C=O) groups is 1. The molecule has 0 spiro atoms. The van der Waals surface area contributed by atoms with Crippen molar-refractivity contribution in [3.05, 3.63) is 33.9 Å². The third kappa shape index (κ3) is 3.92. The number of nitrogens with one attached hydrogen (secondary N) is 2. The number of hydrogen-bond acceptors (Lipinski definition) is 5. The molecule has 0 unspecified atom stereocenters. The Balaban J connectivity index is 2.78. The standard InChI is InChI=1S/C12H18N4O3/c1-3-14-8(2)7-15-12(17)9-5-4-6-10(11(9)13)16(18)19/h4-6,8,14H,3,7,13H2,1-2H3,(H,15,17)/t8-/m1/s1.